The van der Waals surface area contributed by atoms with E-state index in [0.717, 1.165) is 16.7 Å². The molecule has 1 N–H and O–H groups in total. The summed E-state index contributed by atoms with van der Waals surface area (Å²) in [6.45, 7) is 1.96. The number of benzene rings is 2. The first kappa shape index (κ1) is 17.4. The maximum atomic E-state index is 13.0. The molecule has 0 bridgehead atoms. The summed E-state index contributed by atoms with van der Waals surface area (Å²) in [6.07, 6.45) is 3.51. The molecule has 0 unspecified atom stereocenters. The van der Waals surface area contributed by atoms with Gasteiger partial charge in [-0.1, -0.05) is 48.5 Å². The van der Waals surface area contributed by atoms with Gasteiger partial charge in [0.05, 0.1) is 7.11 Å². The van der Waals surface area contributed by atoms with Crippen LogP contribution in [0.25, 0.3) is 11.6 Å². The van der Waals surface area contributed by atoms with Crippen molar-refractivity contribution >= 4 is 23.4 Å². The summed E-state index contributed by atoms with van der Waals surface area (Å²) in [6, 6.07) is 20.9. The number of amides is 1. The van der Waals surface area contributed by atoms with E-state index in [4.69, 9.17) is 4.74 Å². The van der Waals surface area contributed by atoms with Gasteiger partial charge < -0.3 is 10.1 Å². The number of aromatic nitrogens is 1. The van der Waals surface area contributed by atoms with Crippen LogP contribution in [0.1, 0.15) is 16.7 Å². The molecule has 0 saturated carbocycles. The minimum Gasteiger partial charge on any atom is -0.496 e. The molecule has 3 rings (SSSR count). The van der Waals surface area contributed by atoms with Crippen molar-refractivity contribution < 1.29 is 9.53 Å². The number of hydrogen-bond acceptors (Lipinski definition) is 3. The molecule has 0 fully saturated rings. The van der Waals surface area contributed by atoms with Crippen LogP contribution in [-0.2, 0) is 4.79 Å². The summed E-state index contributed by atoms with van der Waals surface area (Å²) >= 11 is 0. The lowest BCUT2D eigenvalue weighted by molar-refractivity contribution is -0.111. The lowest BCUT2D eigenvalue weighted by Gasteiger charge is -2.11. The molecule has 0 spiro atoms. The number of rotatable bonds is 5. The summed E-state index contributed by atoms with van der Waals surface area (Å²) in [7, 11) is 1.62. The van der Waals surface area contributed by atoms with E-state index in [1.165, 1.54) is 0 Å². The monoisotopic (exact) mass is 344 g/mol. The zero-order chi connectivity index (χ0) is 18.4. The van der Waals surface area contributed by atoms with Crippen molar-refractivity contribution in [2.75, 3.05) is 12.4 Å². The Morgan fingerprint density at radius 1 is 1.04 bits per heavy atom. The van der Waals surface area contributed by atoms with Gasteiger partial charge in [0.15, 0.2) is 0 Å². The number of methoxy groups -OCH3 is 1. The van der Waals surface area contributed by atoms with Crippen LogP contribution in [0.3, 0.4) is 0 Å². The molecular weight excluding hydrogens is 324 g/mol. The number of hydrogen-bond donors (Lipinski definition) is 1. The lowest BCUT2D eigenvalue weighted by atomic mass is 10.0. The van der Waals surface area contributed by atoms with Crippen LogP contribution in [0, 0.1) is 6.92 Å². The number of ether oxygens (including phenoxy) is 1. The van der Waals surface area contributed by atoms with Gasteiger partial charge in [0.1, 0.15) is 11.6 Å². The summed E-state index contributed by atoms with van der Waals surface area (Å²) in [4.78, 5) is 17.2. The SMILES string of the molecule is COc1ccccc1/C=C(/C(=O)Nc1cc(C)ccn1)c1ccccc1. The minimum atomic E-state index is -0.222. The summed E-state index contributed by atoms with van der Waals surface area (Å²) in [5.74, 6) is 1.01. The average Bonchev–Trinajstić information content (AvgIpc) is 2.67. The van der Waals surface area contributed by atoms with Gasteiger partial charge in [0, 0.05) is 17.3 Å². The second-order valence-electron chi connectivity index (χ2n) is 5.84. The first-order valence-electron chi connectivity index (χ1n) is 8.31. The Bertz CT molecular complexity index is 934. The predicted octanol–water partition coefficient (Wildman–Crippen LogP) is 4.58. The highest BCUT2D eigenvalue weighted by molar-refractivity contribution is 6.29. The maximum absolute atomic E-state index is 13.0. The van der Waals surface area contributed by atoms with Gasteiger partial charge in [0.25, 0.3) is 5.91 Å². The van der Waals surface area contributed by atoms with Crippen LogP contribution in [0.4, 0.5) is 5.82 Å². The van der Waals surface area contributed by atoms with Crippen molar-refractivity contribution in [3.63, 3.8) is 0 Å². The van der Waals surface area contributed by atoms with Crippen molar-refractivity contribution in [2.45, 2.75) is 6.92 Å². The van der Waals surface area contributed by atoms with Gasteiger partial charge in [-0.2, -0.15) is 0 Å². The fraction of sp³-hybridized carbons (Fsp3) is 0.0909. The molecule has 0 aliphatic rings. The number of anilines is 1. The molecule has 1 heterocycles. The van der Waals surface area contributed by atoms with Crippen molar-refractivity contribution in [3.8, 4) is 5.75 Å². The molecule has 0 saturated heterocycles. The first-order chi connectivity index (χ1) is 12.7. The molecule has 4 heteroatoms. The quantitative estimate of drug-likeness (QED) is 0.544. The molecular formula is C22H20N2O2. The van der Waals surface area contributed by atoms with Gasteiger partial charge in [-0.15, -0.1) is 0 Å². The average molecular weight is 344 g/mol. The van der Waals surface area contributed by atoms with E-state index in [0.29, 0.717) is 17.1 Å². The Balaban J connectivity index is 2.01. The Morgan fingerprint density at radius 3 is 2.50 bits per heavy atom. The van der Waals surface area contributed by atoms with E-state index in [1.54, 1.807) is 13.3 Å². The molecule has 0 aliphatic carbocycles. The fourth-order valence-electron chi connectivity index (χ4n) is 2.63. The van der Waals surface area contributed by atoms with E-state index < -0.39 is 0 Å². The van der Waals surface area contributed by atoms with Crippen molar-refractivity contribution in [3.05, 3.63) is 89.6 Å². The zero-order valence-electron chi connectivity index (χ0n) is 14.8. The molecule has 0 radical (unpaired) electrons. The van der Waals surface area contributed by atoms with E-state index in [2.05, 4.69) is 10.3 Å². The maximum Gasteiger partial charge on any atom is 0.257 e. The first-order valence-corrected chi connectivity index (χ1v) is 8.31. The summed E-state index contributed by atoms with van der Waals surface area (Å²) < 4.78 is 5.41. The summed E-state index contributed by atoms with van der Waals surface area (Å²) in [5, 5.41) is 2.88. The molecule has 2 aromatic carbocycles. The predicted molar refractivity (Wildman–Crippen MR) is 105 cm³/mol. The highest BCUT2D eigenvalue weighted by atomic mass is 16.5. The molecule has 0 atom stereocenters. The second-order valence-corrected chi connectivity index (χ2v) is 5.84. The van der Waals surface area contributed by atoms with Gasteiger partial charge in [-0.05, 0) is 42.3 Å². The smallest absolute Gasteiger partial charge is 0.257 e. The van der Waals surface area contributed by atoms with E-state index >= 15 is 0 Å². The highest BCUT2D eigenvalue weighted by Crippen LogP contribution is 2.25. The molecule has 3 aromatic rings. The Morgan fingerprint density at radius 2 is 1.77 bits per heavy atom. The van der Waals surface area contributed by atoms with Crippen LogP contribution >= 0.6 is 0 Å². The topological polar surface area (TPSA) is 51.2 Å². The zero-order valence-corrected chi connectivity index (χ0v) is 14.8. The molecule has 4 nitrogen and oxygen atoms in total. The standard InChI is InChI=1S/C22H20N2O2/c1-16-12-13-23-21(14-16)24-22(25)19(17-8-4-3-5-9-17)15-18-10-6-7-11-20(18)26-2/h3-15H,1-2H3,(H,23,24,25)/b19-15+. The van der Waals surface area contributed by atoms with Crippen LogP contribution < -0.4 is 10.1 Å². The van der Waals surface area contributed by atoms with Crippen LogP contribution in [0.5, 0.6) is 5.75 Å². The molecule has 1 amide bonds. The normalized spacial score (nSPS) is 11.1. The summed E-state index contributed by atoms with van der Waals surface area (Å²) in [5.41, 5.74) is 3.23. The number of nitrogens with zero attached hydrogens (tertiary/aromatic N) is 1. The van der Waals surface area contributed by atoms with Gasteiger partial charge in [-0.25, -0.2) is 4.98 Å². The number of carbonyl (C=O) groups is 1. The van der Waals surface area contributed by atoms with Crippen molar-refractivity contribution in [1.82, 2.24) is 4.98 Å². The van der Waals surface area contributed by atoms with Gasteiger partial charge in [0.2, 0.25) is 0 Å². The van der Waals surface area contributed by atoms with Crippen molar-refractivity contribution in [1.29, 1.82) is 0 Å². The van der Waals surface area contributed by atoms with E-state index in [9.17, 15) is 4.79 Å². The number of nitrogens with one attached hydrogen (secondary N) is 1. The van der Waals surface area contributed by atoms with E-state index in [-0.39, 0.29) is 5.91 Å². The van der Waals surface area contributed by atoms with Gasteiger partial charge in [-0.3, -0.25) is 4.79 Å². The Kier molecular flexibility index (Phi) is 5.44. The third-order valence-corrected chi connectivity index (χ3v) is 3.93. The minimum absolute atomic E-state index is 0.222. The van der Waals surface area contributed by atoms with Crippen molar-refractivity contribution in [2.24, 2.45) is 0 Å². The fourth-order valence-corrected chi connectivity index (χ4v) is 2.63. The molecule has 0 aliphatic heterocycles. The Labute approximate surface area is 153 Å². The third kappa shape index (κ3) is 4.16. The molecule has 1 aromatic heterocycles. The van der Waals surface area contributed by atoms with Gasteiger partial charge >= 0.3 is 0 Å². The Hall–Kier alpha value is -3.40. The van der Waals surface area contributed by atoms with Crippen LogP contribution in [0.2, 0.25) is 0 Å². The van der Waals surface area contributed by atoms with E-state index in [1.807, 2.05) is 79.7 Å². The van der Waals surface area contributed by atoms with Crippen LogP contribution in [0.15, 0.2) is 72.9 Å². The van der Waals surface area contributed by atoms with Crippen LogP contribution in [-0.4, -0.2) is 18.0 Å². The third-order valence-electron chi connectivity index (χ3n) is 3.93. The second kappa shape index (κ2) is 8.12. The molecule has 130 valence electrons. The number of carbonyl (C=O) groups excluding carboxylic acids is 1. The number of aryl methyl sites for hydroxylation is 1. The highest BCUT2D eigenvalue weighted by Gasteiger charge is 2.14. The number of para-hydroxylation sites is 1. The number of pyridine rings is 1. The lowest BCUT2D eigenvalue weighted by Crippen LogP contribution is -2.14. The largest absolute Gasteiger partial charge is 0.496 e. The molecule has 26 heavy (non-hydrogen) atoms.